The molecule has 170 valence electrons. The summed E-state index contributed by atoms with van der Waals surface area (Å²) in [7, 11) is 0. The predicted octanol–water partition coefficient (Wildman–Crippen LogP) is 3.48. The van der Waals surface area contributed by atoms with E-state index >= 15 is 0 Å². The Hall–Kier alpha value is -2.15. The van der Waals surface area contributed by atoms with E-state index in [1.807, 2.05) is 26.8 Å². The molecule has 3 fully saturated rings. The zero-order valence-electron chi connectivity index (χ0n) is 18.9. The van der Waals surface area contributed by atoms with Gasteiger partial charge in [-0.25, -0.2) is 0 Å². The molecule has 0 radical (unpaired) electrons. The summed E-state index contributed by atoms with van der Waals surface area (Å²) in [6.07, 6.45) is 5.90. The van der Waals surface area contributed by atoms with E-state index in [0.717, 1.165) is 24.7 Å². The highest BCUT2D eigenvalue weighted by Gasteiger charge is 2.78. The lowest BCUT2D eigenvalue weighted by atomic mass is 9.42. The van der Waals surface area contributed by atoms with Crippen molar-refractivity contribution in [2.75, 3.05) is 0 Å². The summed E-state index contributed by atoms with van der Waals surface area (Å²) in [6.45, 7) is 8.73. The summed E-state index contributed by atoms with van der Waals surface area (Å²) in [5, 5.41) is 0. The van der Waals surface area contributed by atoms with Gasteiger partial charge in [0.05, 0.1) is 18.6 Å². The third kappa shape index (κ3) is 3.15. The molecule has 31 heavy (non-hydrogen) atoms. The number of fused-ring (bicyclic) bond motifs is 3. The van der Waals surface area contributed by atoms with Gasteiger partial charge in [-0.3, -0.25) is 9.59 Å². The molecular formula is C24H32O7. The molecule has 1 aromatic heterocycles. The second kappa shape index (κ2) is 7.47. The maximum Gasteiger partial charge on any atom is 0.303 e. The van der Waals surface area contributed by atoms with E-state index in [1.54, 1.807) is 12.5 Å². The summed E-state index contributed by atoms with van der Waals surface area (Å²) in [5.74, 6) is -1.31. The molecule has 0 unspecified atom stereocenters. The number of ether oxygens (including phenoxy) is 3. The zero-order valence-corrected chi connectivity index (χ0v) is 18.9. The first kappa shape index (κ1) is 22.1. The van der Waals surface area contributed by atoms with Gasteiger partial charge < -0.3 is 23.4 Å². The Balaban J connectivity index is 1.82. The molecule has 0 N–H and O–H groups in total. The third-order valence-corrected chi connectivity index (χ3v) is 8.58. The van der Waals surface area contributed by atoms with Crippen molar-refractivity contribution >= 4 is 18.2 Å². The highest BCUT2D eigenvalue weighted by molar-refractivity contribution is 5.69. The molecule has 0 aromatic carbocycles. The molecule has 0 spiro atoms. The maximum absolute atomic E-state index is 12.9. The first-order valence-electron chi connectivity index (χ1n) is 11.1. The van der Waals surface area contributed by atoms with Gasteiger partial charge in [-0.2, -0.15) is 0 Å². The van der Waals surface area contributed by atoms with Crippen LogP contribution in [0.5, 0.6) is 0 Å². The number of carbonyl (C=O) groups excluding carboxylic acids is 3. The SMILES string of the molecule is CC(=O)O[C@H]1[C@@H](C)[C@](C=O)(CCc2ccoc2)[C@H]2CC[C@H]3O[C@@]3(C)[C@]2(C)[C@H]1OC(C)=O. The van der Waals surface area contributed by atoms with Crippen molar-refractivity contribution in [3.05, 3.63) is 24.2 Å². The molecule has 0 amide bonds. The molecule has 2 heterocycles. The van der Waals surface area contributed by atoms with Crippen molar-refractivity contribution in [2.24, 2.45) is 22.7 Å². The third-order valence-electron chi connectivity index (χ3n) is 8.58. The molecule has 7 heteroatoms. The Morgan fingerprint density at radius 3 is 2.48 bits per heavy atom. The molecule has 3 aliphatic rings. The van der Waals surface area contributed by atoms with E-state index in [-0.39, 0.29) is 17.9 Å². The number of furan rings is 1. The van der Waals surface area contributed by atoms with Crippen LogP contribution in [0.2, 0.25) is 0 Å². The fraction of sp³-hybridized carbons (Fsp3) is 0.708. The Labute approximate surface area is 182 Å². The Kier molecular flexibility index (Phi) is 5.31. The van der Waals surface area contributed by atoms with Gasteiger partial charge in [0.15, 0.2) is 0 Å². The fourth-order valence-electron chi connectivity index (χ4n) is 6.74. The highest BCUT2D eigenvalue weighted by Crippen LogP contribution is 2.70. The van der Waals surface area contributed by atoms with E-state index in [1.165, 1.54) is 13.8 Å². The monoisotopic (exact) mass is 432 g/mol. The van der Waals surface area contributed by atoms with Crippen molar-refractivity contribution in [1.82, 2.24) is 0 Å². The minimum atomic E-state index is -0.761. The number of aryl methyl sites for hydroxylation is 1. The predicted molar refractivity (Wildman–Crippen MR) is 110 cm³/mol. The van der Waals surface area contributed by atoms with Gasteiger partial charge in [-0.15, -0.1) is 0 Å². The summed E-state index contributed by atoms with van der Waals surface area (Å²) in [6, 6.07) is 1.90. The van der Waals surface area contributed by atoms with Crippen molar-refractivity contribution in [3.63, 3.8) is 0 Å². The van der Waals surface area contributed by atoms with Crippen molar-refractivity contribution in [3.8, 4) is 0 Å². The molecular weight excluding hydrogens is 400 g/mol. The van der Waals surface area contributed by atoms with Crippen molar-refractivity contribution in [1.29, 1.82) is 0 Å². The van der Waals surface area contributed by atoms with Crippen LogP contribution in [0.1, 0.15) is 59.4 Å². The van der Waals surface area contributed by atoms with Gasteiger partial charge in [0, 0.05) is 30.6 Å². The molecule has 2 saturated carbocycles. The Morgan fingerprint density at radius 1 is 1.19 bits per heavy atom. The van der Waals surface area contributed by atoms with Crippen LogP contribution < -0.4 is 0 Å². The number of hydrogen-bond donors (Lipinski definition) is 0. The van der Waals surface area contributed by atoms with E-state index in [2.05, 4.69) is 0 Å². The molecule has 1 aliphatic heterocycles. The van der Waals surface area contributed by atoms with Gasteiger partial charge in [-0.05, 0) is 50.2 Å². The summed E-state index contributed by atoms with van der Waals surface area (Å²) < 4.78 is 23.0. The molecule has 8 atom stereocenters. The van der Waals surface area contributed by atoms with Crippen LogP contribution in [0, 0.1) is 22.7 Å². The average Bonchev–Trinajstić information content (AvgIpc) is 3.14. The molecule has 1 aromatic rings. The van der Waals surface area contributed by atoms with Crippen molar-refractivity contribution < 1.29 is 33.0 Å². The molecule has 1 saturated heterocycles. The Bertz CT molecular complexity index is 863. The van der Waals surface area contributed by atoms with Crippen LogP contribution in [-0.4, -0.2) is 42.1 Å². The lowest BCUT2D eigenvalue weighted by Gasteiger charge is -2.62. The van der Waals surface area contributed by atoms with Gasteiger partial charge in [0.2, 0.25) is 0 Å². The smallest absolute Gasteiger partial charge is 0.303 e. The van der Waals surface area contributed by atoms with Crippen LogP contribution in [0.3, 0.4) is 0 Å². The van der Waals surface area contributed by atoms with Gasteiger partial charge in [0.25, 0.3) is 0 Å². The van der Waals surface area contributed by atoms with E-state index < -0.39 is 40.6 Å². The number of hydrogen-bond acceptors (Lipinski definition) is 7. The second-order valence-corrected chi connectivity index (χ2v) is 9.88. The summed E-state index contributed by atoms with van der Waals surface area (Å²) in [5.41, 5.74) is -0.962. The van der Waals surface area contributed by atoms with E-state index in [9.17, 15) is 14.4 Å². The quantitative estimate of drug-likeness (QED) is 0.386. The average molecular weight is 433 g/mol. The second-order valence-electron chi connectivity index (χ2n) is 9.88. The normalized spacial score (nSPS) is 43.3. The van der Waals surface area contributed by atoms with E-state index in [4.69, 9.17) is 18.6 Å². The number of rotatable bonds is 6. The maximum atomic E-state index is 12.9. The van der Waals surface area contributed by atoms with Gasteiger partial charge >= 0.3 is 11.9 Å². The molecule has 0 bridgehead atoms. The van der Waals surface area contributed by atoms with Gasteiger partial charge in [-0.1, -0.05) is 13.8 Å². The standard InChI is InChI=1S/C24H32O7/c1-14-20(29-15(2)26)21(30-16(3)27)22(4)18(6-7-19-23(22,5)31-19)24(14,13-25)10-8-17-9-11-28-12-17/h9,11-14,18-21H,6-8,10H2,1-5H3/t14-,18+,19-,20+,21+,22+,23-,24-/m1/s1. The fourth-order valence-corrected chi connectivity index (χ4v) is 6.74. The minimum absolute atomic E-state index is 0.0522. The number of esters is 2. The van der Waals surface area contributed by atoms with Gasteiger partial charge in [0.1, 0.15) is 24.1 Å². The minimum Gasteiger partial charge on any atom is -0.472 e. The Morgan fingerprint density at radius 2 is 1.90 bits per heavy atom. The van der Waals surface area contributed by atoms with E-state index in [0.29, 0.717) is 12.8 Å². The first-order valence-corrected chi connectivity index (χ1v) is 11.1. The lowest BCUT2D eigenvalue weighted by Crippen LogP contribution is -2.70. The largest absolute Gasteiger partial charge is 0.472 e. The topological polar surface area (TPSA) is 95.3 Å². The number of aldehydes is 1. The summed E-state index contributed by atoms with van der Waals surface area (Å²) >= 11 is 0. The summed E-state index contributed by atoms with van der Waals surface area (Å²) in [4.78, 5) is 37.1. The van der Waals surface area contributed by atoms with Crippen LogP contribution in [0.4, 0.5) is 0 Å². The van der Waals surface area contributed by atoms with Crippen LogP contribution >= 0.6 is 0 Å². The highest BCUT2D eigenvalue weighted by atomic mass is 16.6. The zero-order chi connectivity index (χ0) is 22.6. The van der Waals surface area contributed by atoms with Crippen LogP contribution in [0.25, 0.3) is 0 Å². The molecule has 4 rings (SSSR count). The molecule has 7 nitrogen and oxygen atoms in total. The van der Waals surface area contributed by atoms with Crippen LogP contribution in [0.15, 0.2) is 23.0 Å². The molecule has 2 aliphatic carbocycles. The number of carbonyl (C=O) groups is 3. The van der Waals surface area contributed by atoms with Crippen LogP contribution in [-0.2, 0) is 35.0 Å². The first-order chi connectivity index (χ1) is 14.6. The number of epoxide rings is 1. The van der Waals surface area contributed by atoms with Crippen molar-refractivity contribution in [2.45, 2.75) is 84.2 Å². The lowest BCUT2D eigenvalue weighted by molar-refractivity contribution is -0.241.